The number of pyridine rings is 1. The average Bonchev–Trinajstić information content (AvgIpc) is 2.57. The van der Waals surface area contributed by atoms with E-state index in [1.807, 2.05) is 39.0 Å². The Bertz CT molecular complexity index is 738. The van der Waals surface area contributed by atoms with Crippen molar-refractivity contribution in [3.8, 4) is 0 Å². The number of aryl methyl sites for hydroxylation is 3. The average molecular weight is 325 g/mol. The fourth-order valence-electron chi connectivity index (χ4n) is 3.02. The SMILES string of the molecule is Cc1cccc(NC(=O)C2CCN(c3nc(C)cnc3C)CC2)n1. The molecule has 0 unspecified atom stereocenters. The van der Waals surface area contributed by atoms with Crippen LogP contribution in [0.3, 0.4) is 0 Å². The van der Waals surface area contributed by atoms with Crippen LogP contribution in [0.2, 0.25) is 0 Å². The van der Waals surface area contributed by atoms with Crippen molar-refractivity contribution >= 4 is 17.5 Å². The first-order valence-electron chi connectivity index (χ1n) is 8.32. The Hall–Kier alpha value is -2.50. The van der Waals surface area contributed by atoms with Crippen molar-refractivity contribution in [2.45, 2.75) is 33.6 Å². The van der Waals surface area contributed by atoms with Gasteiger partial charge >= 0.3 is 0 Å². The van der Waals surface area contributed by atoms with Gasteiger partial charge in [-0.05, 0) is 45.7 Å². The lowest BCUT2D eigenvalue weighted by atomic mass is 9.96. The van der Waals surface area contributed by atoms with Gasteiger partial charge in [-0.2, -0.15) is 0 Å². The third-order valence-electron chi connectivity index (χ3n) is 4.36. The first-order chi connectivity index (χ1) is 11.5. The zero-order valence-electron chi connectivity index (χ0n) is 14.4. The molecule has 2 aromatic rings. The van der Waals surface area contributed by atoms with Crippen LogP contribution in [-0.2, 0) is 4.79 Å². The third-order valence-corrected chi connectivity index (χ3v) is 4.36. The van der Waals surface area contributed by atoms with Crippen LogP contribution in [0, 0.1) is 26.7 Å². The van der Waals surface area contributed by atoms with Crippen molar-refractivity contribution in [2.24, 2.45) is 5.92 Å². The predicted molar refractivity (Wildman–Crippen MR) is 94.0 cm³/mol. The van der Waals surface area contributed by atoms with Crippen molar-refractivity contribution < 1.29 is 4.79 Å². The Morgan fingerprint density at radius 1 is 1.12 bits per heavy atom. The summed E-state index contributed by atoms with van der Waals surface area (Å²) in [5, 5.41) is 2.93. The molecule has 1 fully saturated rings. The maximum absolute atomic E-state index is 12.4. The van der Waals surface area contributed by atoms with Gasteiger partial charge in [-0.15, -0.1) is 0 Å². The van der Waals surface area contributed by atoms with E-state index in [0.717, 1.165) is 48.8 Å². The van der Waals surface area contributed by atoms with Crippen molar-refractivity contribution in [3.63, 3.8) is 0 Å². The van der Waals surface area contributed by atoms with Gasteiger partial charge in [0, 0.05) is 30.9 Å². The normalized spacial score (nSPS) is 15.4. The number of nitrogens with one attached hydrogen (secondary N) is 1. The number of piperidine rings is 1. The molecule has 3 heterocycles. The number of hydrogen-bond donors (Lipinski definition) is 1. The van der Waals surface area contributed by atoms with Gasteiger partial charge in [0.25, 0.3) is 0 Å². The largest absolute Gasteiger partial charge is 0.355 e. The van der Waals surface area contributed by atoms with Crippen LogP contribution in [-0.4, -0.2) is 33.9 Å². The van der Waals surface area contributed by atoms with Crippen LogP contribution in [0.5, 0.6) is 0 Å². The molecule has 24 heavy (non-hydrogen) atoms. The van der Waals surface area contributed by atoms with Gasteiger partial charge in [-0.25, -0.2) is 9.97 Å². The minimum Gasteiger partial charge on any atom is -0.355 e. The molecule has 2 aromatic heterocycles. The van der Waals surface area contributed by atoms with Crippen LogP contribution in [0.4, 0.5) is 11.6 Å². The van der Waals surface area contributed by atoms with Crippen LogP contribution < -0.4 is 10.2 Å². The van der Waals surface area contributed by atoms with Crippen molar-refractivity contribution in [1.29, 1.82) is 0 Å². The number of aromatic nitrogens is 3. The topological polar surface area (TPSA) is 71.0 Å². The molecule has 1 aliphatic heterocycles. The van der Waals surface area contributed by atoms with E-state index in [2.05, 4.69) is 25.2 Å². The number of carbonyl (C=O) groups excluding carboxylic acids is 1. The number of carbonyl (C=O) groups is 1. The molecule has 0 saturated carbocycles. The summed E-state index contributed by atoms with van der Waals surface area (Å²) in [5.41, 5.74) is 2.75. The zero-order valence-corrected chi connectivity index (χ0v) is 14.4. The Kier molecular flexibility index (Phi) is 4.74. The first-order valence-corrected chi connectivity index (χ1v) is 8.32. The maximum Gasteiger partial charge on any atom is 0.228 e. The quantitative estimate of drug-likeness (QED) is 0.939. The van der Waals surface area contributed by atoms with Gasteiger partial charge in [0.05, 0.1) is 11.4 Å². The van der Waals surface area contributed by atoms with E-state index in [4.69, 9.17) is 0 Å². The lowest BCUT2D eigenvalue weighted by Gasteiger charge is -2.32. The molecule has 6 heteroatoms. The van der Waals surface area contributed by atoms with E-state index in [1.165, 1.54) is 0 Å². The number of nitrogens with zero attached hydrogens (tertiary/aromatic N) is 4. The van der Waals surface area contributed by atoms with Gasteiger partial charge in [0.2, 0.25) is 5.91 Å². The van der Waals surface area contributed by atoms with E-state index in [1.54, 1.807) is 6.20 Å². The molecule has 1 aliphatic rings. The highest BCUT2D eigenvalue weighted by atomic mass is 16.1. The van der Waals surface area contributed by atoms with Gasteiger partial charge in [-0.3, -0.25) is 9.78 Å². The molecule has 6 nitrogen and oxygen atoms in total. The summed E-state index contributed by atoms with van der Waals surface area (Å²) in [6.07, 6.45) is 3.41. The highest BCUT2D eigenvalue weighted by Crippen LogP contribution is 2.24. The summed E-state index contributed by atoms with van der Waals surface area (Å²) in [6, 6.07) is 5.64. The van der Waals surface area contributed by atoms with Gasteiger partial charge in [0.15, 0.2) is 0 Å². The standard InChI is InChI=1S/C18H23N5O/c1-12-5-4-6-16(20-12)22-18(24)15-7-9-23(10-8-15)17-14(3)19-11-13(2)21-17/h4-6,11,15H,7-10H2,1-3H3,(H,20,22,24). The molecule has 1 saturated heterocycles. The van der Waals surface area contributed by atoms with E-state index in [9.17, 15) is 4.79 Å². The van der Waals surface area contributed by atoms with Gasteiger partial charge in [0.1, 0.15) is 11.6 Å². The van der Waals surface area contributed by atoms with Crippen LogP contribution in [0.15, 0.2) is 24.4 Å². The second-order valence-electron chi connectivity index (χ2n) is 6.34. The van der Waals surface area contributed by atoms with Gasteiger partial charge < -0.3 is 10.2 Å². The van der Waals surface area contributed by atoms with Crippen LogP contribution in [0.1, 0.15) is 29.9 Å². The molecule has 0 aromatic carbocycles. The second kappa shape index (κ2) is 6.95. The molecular weight excluding hydrogens is 302 g/mol. The summed E-state index contributed by atoms with van der Waals surface area (Å²) < 4.78 is 0. The number of rotatable bonds is 3. The van der Waals surface area contributed by atoms with E-state index in [-0.39, 0.29) is 11.8 Å². The summed E-state index contributed by atoms with van der Waals surface area (Å²) in [5.74, 6) is 1.64. The molecule has 1 amide bonds. The molecule has 0 aliphatic carbocycles. The highest BCUT2D eigenvalue weighted by molar-refractivity contribution is 5.91. The fraction of sp³-hybridized carbons (Fsp3) is 0.444. The predicted octanol–water partition coefficient (Wildman–Crippen LogP) is 2.65. The van der Waals surface area contributed by atoms with E-state index < -0.39 is 0 Å². The van der Waals surface area contributed by atoms with Crippen molar-refractivity contribution in [2.75, 3.05) is 23.3 Å². The summed E-state index contributed by atoms with van der Waals surface area (Å²) in [6.45, 7) is 7.48. The molecule has 0 atom stereocenters. The second-order valence-corrected chi connectivity index (χ2v) is 6.34. The van der Waals surface area contributed by atoms with Crippen molar-refractivity contribution in [3.05, 3.63) is 41.5 Å². The Morgan fingerprint density at radius 3 is 2.58 bits per heavy atom. The summed E-state index contributed by atoms with van der Waals surface area (Å²) in [4.78, 5) is 28.0. The van der Waals surface area contributed by atoms with Crippen LogP contribution in [0.25, 0.3) is 0 Å². The lowest BCUT2D eigenvalue weighted by molar-refractivity contribution is -0.120. The zero-order chi connectivity index (χ0) is 17.1. The minimum atomic E-state index is 0.0154. The monoisotopic (exact) mass is 325 g/mol. The number of amides is 1. The lowest BCUT2D eigenvalue weighted by Crippen LogP contribution is -2.39. The molecule has 3 rings (SSSR count). The molecule has 1 N–H and O–H groups in total. The van der Waals surface area contributed by atoms with E-state index >= 15 is 0 Å². The summed E-state index contributed by atoms with van der Waals surface area (Å²) in [7, 11) is 0. The number of hydrogen-bond acceptors (Lipinski definition) is 5. The smallest absolute Gasteiger partial charge is 0.228 e. The fourth-order valence-corrected chi connectivity index (χ4v) is 3.02. The number of anilines is 2. The van der Waals surface area contributed by atoms with Gasteiger partial charge in [-0.1, -0.05) is 6.07 Å². The molecule has 0 bridgehead atoms. The highest BCUT2D eigenvalue weighted by Gasteiger charge is 2.26. The molecular formula is C18H23N5O. The Balaban J connectivity index is 1.60. The Labute approximate surface area is 142 Å². The molecule has 126 valence electrons. The summed E-state index contributed by atoms with van der Waals surface area (Å²) >= 11 is 0. The maximum atomic E-state index is 12.4. The molecule has 0 spiro atoms. The van der Waals surface area contributed by atoms with Crippen molar-refractivity contribution in [1.82, 2.24) is 15.0 Å². The minimum absolute atomic E-state index is 0.0154. The Morgan fingerprint density at radius 2 is 1.88 bits per heavy atom. The third kappa shape index (κ3) is 3.69. The molecule has 0 radical (unpaired) electrons. The van der Waals surface area contributed by atoms with E-state index in [0.29, 0.717) is 5.82 Å². The first kappa shape index (κ1) is 16.4. The van der Waals surface area contributed by atoms with Crippen LogP contribution >= 0.6 is 0 Å².